The minimum Gasteiger partial charge on any atom is -0.348 e. The standard InChI is InChI=1S/C22H31N5O2S/c1-13(15-8-9-16(24-11-15)18-14(2)25-12-30-18)26-20(28)17-7-6-10-27(17)21(29)19(23)22(3,4)5/h8-9,11-13,17,19H,6-7,10,23H2,1-5H3,(H,26,28)/t13-,17-,19+/m0/s1. The van der Waals surface area contributed by atoms with Gasteiger partial charge in [0.25, 0.3) is 0 Å². The molecule has 0 bridgehead atoms. The largest absolute Gasteiger partial charge is 0.348 e. The monoisotopic (exact) mass is 429 g/mol. The lowest BCUT2D eigenvalue weighted by atomic mass is 9.86. The second kappa shape index (κ2) is 8.81. The molecule has 30 heavy (non-hydrogen) atoms. The number of carbonyl (C=O) groups is 2. The van der Waals surface area contributed by atoms with Crippen LogP contribution in [0, 0.1) is 12.3 Å². The van der Waals surface area contributed by atoms with Crippen molar-refractivity contribution < 1.29 is 9.59 Å². The van der Waals surface area contributed by atoms with Gasteiger partial charge in [-0.05, 0) is 43.7 Å². The van der Waals surface area contributed by atoms with Crippen LogP contribution >= 0.6 is 11.3 Å². The van der Waals surface area contributed by atoms with Gasteiger partial charge in [0.05, 0.1) is 33.9 Å². The van der Waals surface area contributed by atoms with Gasteiger partial charge < -0.3 is 16.0 Å². The summed E-state index contributed by atoms with van der Waals surface area (Å²) < 4.78 is 0. The zero-order valence-corrected chi connectivity index (χ0v) is 19.1. The van der Waals surface area contributed by atoms with Crippen molar-refractivity contribution in [1.29, 1.82) is 0 Å². The highest BCUT2D eigenvalue weighted by Crippen LogP contribution is 2.27. The number of likely N-dealkylation sites (tertiary alicyclic amines) is 1. The molecule has 162 valence electrons. The maximum Gasteiger partial charge on any atom is 0.243 e. The molecule has 2 amide bonds. The number of amides is 2. The highest BCUT2D eigenvalue weighted by Gasteiger charge is 2.39. The quantitative estimate of drug-likeness (QED) is 0.761. The Morgan fingerprint density at radius 2 is 2.03 bits per heavy atom. The minimum atomic E-state index is -0.629. The van der Waals surface area contributed by atoms with Crippen LogP contribution in [0.4, 0.5) is 0 Å². The van der Waals surface area contributed by atoms with Gasteiger partial charge in [0.15, 0.2) is 0 Å². The molecule has 0 unspecified atom stereocenters. The summed E-state index contributed by atoms with van der Waals surface area (Å²) >= 11 is 1.56. The SMILES string of the molecule is Cc1ncsc1-c1ccc([C@H](C)NC(=O)[C@@H]2CCCN2C(=O)[C@@H](N)C(C)(C)C)cn1. The van der Waals surface area contributed by atoms with Gasteiger partial charge in [0.2, 0.25) is 11.8 Å². The van der Waals surface area contributed by atoms with Crippen LogP contribution in [0.2, 0.25) is 0 Å². The number of hydrogen-bond donors (Lipinski definition) is 2. The number of pyridine rings is 1. The Balaban J connectivity index is 1.66. The van der Waals surface area contributed by atoms with Gasteiger partial charge in [-0.2, -0.15) is 0 Å². The van der Waals surface area contributed by atoms with Crippen molar-refractivity contribution in [3.05, 3.63) is 35.1 Å². The van der Waals surface area contributed by atoms with Gasteiger partial charge in [0.1, 0.15) is 6.04 Å². The number of nitrogens with two attached hydrogens (primary N) is 1. The maximum absolute atomic E-state index is 12.9. The molecular formula is C22H31N5O2S. The normalized spacial score (nSPS) is 18.9. The fraction of sp³-hybridized carbons (Fsp3) is 0.545. The summed E-state index contributed by atoms with van der Waals surface area (Å²) in [6, 6.07) is 2.61. The first kappa shape index (κ1) is 22.4. The molecule has 0 spiro atoms. The lowest BCUT2D eigenvalue weighted by molar-refractivity contribution is -0.141. The van der Waals surface area contributed by atoms with Crippen molar-refractivity contribution in [1.82, 2.24) is 20.2 Å². The first-order valence-electron chi connectivity index (χ1n) is 10.3. The van der Waals surface area contributed by atoms with Crippen LogP contribution in [0.15, 0.2) is 23.8 Å². The molecule has 2 aromatic heterocycles. The van der Waals surface area contributed by atoms with Crippen LogP contribution in [0.5, 0.6) is 0 Å². The second-order valence-electron chi connectivity index (χ2n) is 9.01. The fourth-order valence-corrected chi connectivity index (χ4v) is 4.37. The Kier molecular flexibility index (Phi) is 6.57. The zero-order chi connectivity index (χ0) is 22.1. The van der Waals surface area contributed by atoms with E-state index in [2.05, 4.69) is 15.3 Å². The Morgan fingerprint density at radius 3 is 2.60 bits per heavy atom. The number of carbonyl (C=O) groups excluding carboxylic acids is 2. The molecule has 3 N–H and O–H groups in total. The van der Waals surface area contributed by atoms with Gasteiger partial charge in [-0.1, -0.05) is 26.8 Å². The molecule has 1 aliphatic rings. The minimum absolute atomic E-state index is 0.142. The van der Waals surface area contributed by atoms with Crippen molar-refractivity contribution in [3.8, 4) is 10.6 Å². The van der Waals surface area contributed by atoms with Gasteiger partial charge >= 0.3 is 0 Å². The van der Waals surface area contributed by atoms with Crippen molar-refractivity contribution in [2.45, 2.75) is 65.6 Å². The summed E-state index contributed by atoms with van der Waals surface area (Å²) in [5.41, 5.74) is 10.4. The van der Waals surface area contributed by atoms with Gasteiger partial charge in [0, 0.05) is 12.7 Å². The van der Waals surface area contributed by atoms with E-state index >= 15 is 0 Å². The van der Waals surface area contributed by atoms with Crippen LogP contribution in [-0.2, 0) is 9.59 Å². The van der Waals surface area contributed by atoms with E-state index in [9.17, 15) is 9.59 Å². The number of rotatable bonds is 5. The lowest BCUT2D eigenvalue weighted by Gasteiger charge is -2.33. The Labute approximate surface area is 182 Å². The van der Waals surface area contributed by atoms with E-state index in [1.54, 1.807) is 22.4 Å². The molecule has 8 heteroatoms. The second-order valence-corrected chi connectivity index (χ2v) is 9.86. The Bertz CT molecular complexity index is 903. The van der Waals surface area contributed by atoms with E-state index in [1.165, 1.54) is 0 Å². The van der Waals surface area contributed by atoms with Gasteiger partial charge in [-0.3, -0.25) is 14.6 Å². The van der Waals surface area contributed by atoms with Gasteiger partial charge in [-0.15, -0.1) is 11.3 Å². The Morgan fingerprint density at radius 1 is 1.30 bits per heavy atom. The third-order valence-electron chi connectivity index (χ3n) is 5.66. The molecule has 0 aliphatic carbocycles. The van der Waals surface area contributed by atoms with Crippen molar-refractivity contribution in [2.75, 3.05) is 6.54 Å². The number of hydrogen-bond acceptors (Lipinski definition) is 6. The number of aromatic nitrogens is 2. The van der Waals surface area contributed by atoms with E-state index in [4.69, 9.17) is 5.73 Å². The molecule has 2 aromatic rings. The molecule has 3 rings (SSSR count). The molecule has 0 radical (unpaired) electrons. The van der Waals surface area contributed by atoms with Crippen molar-refractivity contribution in [2.24, 2.45) is 11.1 Å². The topological polar surface area (TPSA) is 101 Å². The predicted octanol–water partition coefficient (Wildman–Crippen LogP) is 3.06. The van der Waals surface area contributed by atoms with Crippen LogP contribution in [0.25, 0.3) is 10.6 Å². The third kappa shape index (κ3) is 4.70. The number of aryl methyl sites for hydroxylation is 1. The van der Waals surface area contributed by atoms with Crippen LogP contribution in [-0.4, -0.2) is 45.3 Å². The molecule has 0 aromatic carbocycles. The molecule has 3 atom stereocenters. The summed E-state index contributed by atoms with van der Waals surface area (Å²) in [5.74, 6) is -0.296. The highest BCUT2D eigenvalue weighted by atomic mass is 32.1. The smallest absolute Gasteiger partial charge is 0.243 e. The molecule has 3 heterocycles. The van der Waals surface area contributed by atoms with E-state index < -0.39 is 12.1 Å². The third-order valence-corrected chi connectivity index (χ3v) is 6.61. The van der Waals surface area contributed by atoms with E-state index in [1.807, 2.05) is 52.3 Å². The average Bonchev–Trinajstić information content (AvgIpc) is 3.35. The van der Waals surface area contributed by atoms with Crippen molar-refractivity contribution >= 4 is 23.2 Å². The van der Waals surface area contributed by atoms with Crippen LogP contribution < -0.4 is 11.1 Å². The first-order chi connectivity index (χ1) is 14.1. The van der Waals surface area contributed by atoms with Crippen LogP contribution in [0.3, 0.4) is 0 Å². The van der Waals surface area contributed by atoms with E-state index in [0.29, 0.717) is 13.0 Å². The summed E-state index contributed by atoms with van der Waals surface area (Å²) in [7, 11) is 0. The predicted molar refractivity (Wildman–Crippen MR) is 119 cm³/mol. The summed E-state index contributed by atoms with van der Waals surface area (Å²) in [5, 5.41) is 3.04. The number of nitrogens with zero attached hydrogens (tertiary/aromatic N) is 3. The lowest BCUT2D eigenvalue weighted by Crippen LogP contribution is -2.55. The van der Waals surface area contributed by atoms with Gasteiger partial charge in [-0.25, -0.2) is 4.98 Å². The molecule has 1 saturated heterocycles. The van der Waals surface area contributed by atoms with E-state index in [0.717, 1.165) is 28.2 Å². The van der Waals surface area contributed by atoms with Crippen molar-refractivity contribution in [3.63, 3.8) is 0 Å². The molecule has 1 aliphatic heterocycles. The van der Waals surface area contributed by atoms with E-state index in [-0.39, 0.29) is 23.3 Å². The summed E-state index contributed by atoms with van der Waals surface area (Å²) in [4.78, 5) is 37.3. The molecule has 1 fully saturated rings. The highest BCUT2D eigenvalue weighted by molar-refractivity contribution is 7.13. The molecule has 7 nitrogen and oxygen atoms in total. The Hall–Kier alpha value is -2.32. The maximum atomic E-state index is 12.9. The molecule has 0 saturated carbocycles. The number of thiazole rings is 1. The first-order valence-corrected chi connectivity index (χ1v) is 11.2. The molecular weight excluding hydrogens is 398 g/mol. The van der Waals surface area contributed by atoms with Crippen LogP contribution in [0.1, 0.15) is 57.8 Å². The average molecular weight is 430 g/mol. The number of nitrogens with one attached hydrogen (secondary N) is 1. The zero-order valence-electron chi connectivity index (χ0n) is 18.3. The fourth-order valence-electron chi connectivity index (χ4n) is 3.59. The summed E-state index contributed by atoms with van der Waals surface area (Å²) in [6.07, 6.45) is 3.25. The summed E-state index contributed by atoms with van der Waals surface area (Å²) in [6.45, 7) is 10.3.